The molecular formula is C20H19N3O3S. The number of ether oxygens (including phenoxy) is 1. The average Bonchev–Trinajstić information content (AvgIpc) is 3.33. The van der Waals surface area contributed by atoms with Crippen LogP contribution in [0, 0.1) is 6.92 Å². The molecule has 27 heavy (non-hydrogen) atoms. The molecule has 0 saturated heterocycles. The summed E-state index contributed by atoms with van der Waals surface area (Å²) in [5.41, 5.74) is 4.60. The van der Waals surface area contributed by atoms with Gasteiger partial charge in [-0.3, -0.25) is 0 Å². The Hall–Kier alpha value is -2.93. The lowest BCUT2D eigenvalue weighted by Gasteiger charge is -2.06. The second-order valence-electron chi connectivity index (χ2n) is 6.55. The highest BCUT2D eigenvalue weighted by atomic mass is 32.2. The van der Waals surface area contributed by atoms with Gasteiger partial charge in [0.1, 0.15) is 11.4 Å². The Labute approximate surface area is 158 Å². The maximum Gasteiger partial charge on any atom is 0.284 e. The Balaban J connectivity index is 1.76. The number of aryl methyl sites for hydroxylation is 1. The molecule has 0 N–H and O–H groups in total. The third kappa shape index (κ3) is 3.50. The van der Waals surface area contributed by atoms with Gasteiger partial charge in [-0.15, -0.1) is 9.19 Å². The Morgan fingerprint density at radius 1 is 1.11 bits per heavy atom. The van der Waals surface area contributed by atoms with Gasteiger partial charge in [0.2, 0.25) is 0 Å². The fraction of sp³-hybridized carbons (Fsp3) is 0.200. The number of hydrogen-bond donors (Lipinski definition) is 0. The molecule has 1 aromatic heterocycles. The highest BCUT2D eigenvalue weighted by molar-refractivity contribution is 7.89. The highest BCUT2D eigenvalue weighted by Crippen LogP contribution is 2.34. The van der Waals surface area contributed by atoms with E-state index in [4.69, 9.17) is 4.74 Å². The summed E-state index contributed by atoms with van der Waals surface area (Å²) >= 11 is 0. The molecule has 4 rings (SSSR count). The molecule has 0 amide bonds. The van der Waals surface area contributed by atoms with Crippen LogP contribution in [0.5, 0.6) is 5.75 Å². The van der Waals surface area contributed by atoms with E-state index in [9.17, 15) is 8.42 Å². The third-order valence-electron chi connectivity index (χ3n) is 4.47. The first-order valence-electron chi connectivity index (χ1n) is 8.60. The normalized spacial score (nSPS) is 13.5. The largest absolute Gasteiger partial charge is 0.497 e. The van der Waals surface area contributed by atoms with Gasteiger partial charge in [-0.1, -0.05) is 40.6 Å². The third-order valence-corrected chi connectivity index (χ3v) is 6.01. The summed E-state index contributed by atoms with van der Waals surface area (Å²) in [4.78, 5) is 0.176. The zero-order chi connectivity index (χ0) is 19.0. The summed E-state index contributed by atoms with van der Waals surface area (Å²) in [7, 11) is -2.19. The second-order valence-corrected chi connectivity index (χ2v) is 8.35. The van der Waals surface area contributed by atoms with Gasteiger partial charge in [0.25, 0.3) is 10.0 Å². The topological polar surface area (TPSA) is 74.1 Å². The SMILES string of the molecule is COc1ccc(C=C2CC2)c(-c2cn(S(=O)(=O)c3ccc(C)cc3)nn2)c1. The van der Waals surface area contributed by atoms with Gasteiger partial charge in [0.05, 0.1) is 18.2 Å². The molecule has 1 aliphatic rings. The van der Waals surface area contributed by atoms with E-state index in [0.717, 1.165) is 33.6 Å². The lowest BCUT2D eigenvalue weighted by atomic mass is 10.0. The fourth-order valence-electron chi connectivity index (χ4n) is 2.75. The molecule has 138 valence electrons. The predicted octanol–water partition coefficient (Wildman–Crippen LogP) is 3.68. The summed E-state index contributed by atoms with van der Waals surface area (Å²) < 4.78 is 31.8. The van der Waals surface area contributed by atoms with Crippen LogP contribution < -0.4 is 4.74 Å². The van der Waals surface area contributed by atoms with Crippen molar-refractivity contribution in [2.45, 2.75) is 24.7 Å². The number of rotatable bonds is 5. The van der Waals surface area contributed by atoms with Gasteiger partial charge < -0.3 is 4.74 Å². The van der Waals surface area contributed by atoms with E-state index in [1.807, 2.05) is 25.1 Å². The van der Waals surface area contributed by atoms with Crippen LogP contribution in [-0.4, -0.2) is 29.9 Å². The van der Waals surface area contributed by atoms with Crippen molar-refractivity contribution in [3.8, 4) is 17.0 Å². The number of nitrogens with zero attached hydrogens (tertiary/aromatic N) is 3. The van der Waals surface area contributed by atoms with Crippen LogP contribution in [0.25, 0.3) is 17.3 Å². The van der Waals surface area contributed by atoms with Crippen molar-refractivity contribution < 1.29 is 13.2 Å². The highest BCUT2D eigenvalue weighted by Gasteiger charge is 2.21. The quantitative estimate of drug-likeness (QED) is 0.674. The number of allylic oxidation sites excluding steroid dienone is 1. The lowest BCUT2D eigenvalue weighted by Crippen LogP contribution is -2.13. The van der Waals surface area contributed by atoms with Gasteiger partial charge in [-0.05, 0) is 49.6 Å². The van der Waals surface area contributed by atoms with Crippen LogP contribution >= 0.6 is 0 Å². The van der Waals surface area contributed by atoms with Crippen molar-refractivity contribution in [1.82, 2.24) is 14.4 Å². The number of aromatic nitrogens is 3. The average molecular weight is 381 g/mol. The van der Waals surface area contributed by atoms with Crippen LogP contribution in [0.15, 0.2) is 59.1 Å². The van der Waals surface area contributed by atoms with E-state index < -0.39 is 10.0 Å². The van der Waals surface area contributed by atoms with E-state index in [2.05, 4.69) is 16.4 Å². The zero-order valence-electron chi connectivity index (χ0n) is 15.1. The zero-order valence-corrected chi connectivity index (χ0v) is 15.9. The fourth-order valence-corrected chi connectivity index (χ4v) is 3.82. The number of methoxy groups -OCH3 is 1. The summed E-state index contributed by atoms with van der Waals surface area (Å²) in [6.45, 7) is 1.91. The van der Waals surface area contributed by atoms with Gasteiger partial charge in [0.15, 0.2) is 0 Å². The van der Waals surface area contributed by atoms with Crippen LogP contribution in [0.3, 0.4) is 0 Å². The second kappa shape index (κ2) is 6.66. The smallest absolute Gasteiger partial charge is 0.284 e. The van der Waals surface area contributed by atoms with Gasteiger partial charge in [0, 0.05) is 5.56 Å². The monoisotopic (exact) mass is 381 g/mol. The molecule has 7 heteroatoms. The van der Waals surface area contributed by atoms with Crippen molar-refractivity contribution in [2.24, 2.45) is 0 Å². The van der Waals surface area contributed by atoms with E-state index in [0.29, 0.717) is 11.4 Å². The molecular weight excluding hydrogens is 362 g/mol. The van der Waals surface area contributed by atoms with Crippen LogP contribution in [-0.2, 0) is 10.0 Å². The van der Waals surface area contributed by atoms with E-state index >= 15 is 0 Å². The lowest BCUT2D eigenvalue weighted by molar-refractivity contribution is 0.415. The van der Waals surface area contributed by atoms with Gasteiger partial charge >= 0.3 is 0 Å². The summed E-state index contributed by atoms with van der Waals surface area (Å²) in [5, 5.41) is 7.98. The molecule has 1 heterocycles. The Morgan fingerprint density at radius 3 is 2.52 bits per heavy atom. The molecule has 0 spiro atoms. The molecule has 1 fully saturated rings. The van der Waals surface area contributed by atoms with E-state index in [1.165, 1.54) is 11.8 Å². The van der Waals surface area contributed by atoms with Crippen molar-refractivity contribution in [2.75, 3.05) is 7.11 Å². The van der Waals surface area contributed by atoms with Crippen LogP contribution in [0.1, 0.15) is 24.0 Å². The van der Waals surface area contributed by atoms with Crippen LogP contribution in [0.2, 0.25) is 0 Å². The molecule has 1 aliphatic carbocycles. The van der Waals surface area contributed by atoms with Crippen molar-refractivity contribution in [1.29, 1.82) is 0 Å². The van der Waals surface area contributed by atoms with Crippen LogP contribution in [0.4, 0.5) is 0 Å². The number of benzene rings is 2. The maximum absolute atomic E-state index is 12.8. The first kappa shape index (κ1) is 17.5. The van der Waals surface area contributed by atoms with Gasteiger partial charge in [-0.25, -0.2) is 0 Å². The standard InChI is InChI=1S/C20H19N3O3S/c1-14-3-9-18(10-4-14)27(24,25)23-13-20(21-22-23)19-12-17(26-2)8-7-16(19)11-15-5-6-15/h3-4,7-13H,5-6H2,1-2H3. The Morgan fingerprint density at radius 2 is 1.85 bits per heavy atom. The molecule has 2 aromatic carbocycles. The van der Waals surface area contributed by atoms with E-state index in [1.54, 1.807) is 31.4 Å². The molecule has 0 aliphatic heterocycles. The minimum atomic E-state index is -3.79. The first-order chi connectivity index (χ1) is 13.0. The molecule has 0 radical (unpaired) electrons. The molecule has 0 atom stereocenters. The minimum absolute atomic E-state index is 0.176. The first-order valence-corrected chi connectivity index (χ1v) is 10.0. The maximum atomic E-state index is 12.8. The molecule has 0 unspecified atom stereocenters. The molecule has 6 nitrogen and oxygen atoms in total. The summed E-state index contributed by atoms with van der Waals surface area (Å²) in [6, 6.07) is 12.3. The Kier molecular flexibility index (Phi) is 4.31. The number of hydrogen-bond acceptors (Lipinski definition) is 5. The van der Waals surface area contributed by atoms with Crippen molar-refractivity contribution >= 4 is 16.1 Å². The summed E-state index contributed by atoms with van der Waals surface area (Å²) in [5.74, 6) is 0.680. The van der Waals surface area contributed by atoms with Crippen molar-refractivity contribution in [3.05, 3.63) is 65.4 Å². The molecule has 1 saturated carbocycles. The van der Waals surface area contributed by atoms with Gasteiger partial charge in [-0.2, -0.15) is 8.42 Å². The van der Waals surface area contributed by atoms with Crippen molar-refractivity contribution in [3.63, 3.8) is 0 Å². The summed E-state index contributed by atoms with van der Waals surface area (Å²) in [6.07, 6.45) is 5.75. The molecule has 3 aromatic rings. The minimum Gasteiger partial charge on any atom is -0.497 e. The molecule has 0 bridgehead atoms. The Bertz CT molecular complexity index is 1120. The predicted molar refractivity (Wildman–Crippen MR) is 103 cm³/mol. The van der Waals surface area contributed by atoms with E-state index in [-0.39, 0.29) is 4.90 Å².